The first-order chi connectivity index (χ1) is 7.92. The molecule has 2 unspecified atom stereocenters. The van der Waals surface area contributed by atoms with Crippen LogP contribution in [0.15, 0.2) is 0 Å². The summed E-state index contributed by atoms with van der Waals surface area (Å²) in [6.45, 7) is 6.96. The molecular formula is C13H26N2O2. The Morgan fingerprint density at radius 2 is 2.18 bits per heavy atom. The summed E-state index contributed by atoms with van der Waals surface area (Å²) < 4.78 is 4.93. The van der Waals surface area contributed by atoms with Crippen LogP contribution >= 0.6 is 0 Å². The van der Waals surface area contributed by atoms with Crippen molar-refractivity contribution < 1.29 is 9.53 Å². The number of likely N-dealkylation sites (N-methyl/N-ethyl adjacent to an activating group) is 1. The monoisotopic (exact) mass is 242 g/mol. The van der Waals surface area contributed by atoms with Gasteiger partial charge in [0, 0.05) is 18.6 Å². The Morgan fingerprint density at radius 1 is 1.59 bits per heavy atom. The lowest BCUT2D eigenvalue weighted by molar-refractivity contribution is -0.149. The third-order valence-corrected chi connectivity index (χ3v) is 3.64. The molecule has 4 nitrogen and oxygen atoms in total. The van der Waals surface area contributed by atoms with Crippen molar-refractivity contribution in [2.45, 2.75) is 57.7 Å². The lowest BCUT2D eigenvalue weighted by atomic mass is 10.0. The summed E-state index contributed by atoms with van der Waals surface area (Å²) in [4.78, 5) is 14.1. The van der Waals surface area contributed by atoms with Gasteiger partial charge >= 0.3 is 5.97 Å². The van der Waals surface area contributed by atoms with Crippen LogP contribution < -0.4 is 5.32 Å². The molecule has 1 rings (SSSR count). The first-order valence-electron chi connectivity index (χ1n) is 6.49. The van der Waals surface area contributed by atoms with Crippen molar-refractivity contribution >= 4 is 5.97 Å². The SMILES string of the molecule is CCC(C)N(C)CC(C)(NC1CC1)C(=O)OC. The Balaban J connectivity index is 2.64. The highest BCUT2D eigenvalue weighted by molar-refractivity contribution is 5.80. The highest BCUT2D eigenvalue weighted by Gasteiger charge is 2.40. The summed E-state index contributed by atoms with van der Waals surface area (Å²) >= 11 is 0. The third-order valence-electron chi connectivity index (χ3n) is 3.64. The van der Waals surface area contributed by atoms with E-state index in [4.69, 9.17) is 4.74 Å². The Hall–Kier alpha value is -0.610. The van der Waals surface area contributed by atoms with E-state index in [0.29, 0.717) is 18.6 Å². The summed E-state index contributed by atoms with van der Waals surface area (Å²) in [6.07, 6.45) is 3.41. The maximum absolute atomic E-state index is 11.9. The van der Waals surface area contributed by atoms with Crippen LogP contribution in [0.3, 0.4) is 0 Å². The standard InChI is InChI=1S/C13H26N2O2/c1-6-10(2)15(4)9-13(3,12(16)17-5)14-11-7-8-11/h10-11,14H,6-9H2,1-5H3. The van der Waals surface area contributed by atoms with Gasteiger partial charge in [-0.15, -0.1) is 0 Å². The fourth-order valence-corrected chi connectivity index (χ4v) is 2.04. The molecule has 0 saturated heterocycles. The van der Waals surface area contributed by atoms with Crippen molar-refractivity contribution in [3.8, 4) is 0 Å². The summed E-state index contributed by atoms with van der Waals surface area (Å²) in [5.74, 6) is -0.167. The minimum Gasteiger partial charge on any atom is -0.468 e. The van der Waals surface area contributed by atoms with E-state index in [1.54, 1.807) is 0 Å². The van der Waals surface area contributed by atoms with Gasteiger partial charge in [-0.05, 0) is 40.2 Å². The molecule has 1 saturated carbocycles. The van der Waals surface area contributed by atoms with Gasteiger partial charge in [-0.3, -0.25) is 10.1 Å². The van der Waals surface area contributed by atoms with Gasteiger partial charge in [-0.25, -0.2) is 0 Å². The molecule has 1 N–H and O–H groups in total. The number of esters is 1. The molecule has 17 heavy (non-hydrogen) atoms. The van der Waals surface area contributed by atoms with Crippen molar-refractivity contribution in [1.82, 2.24) is 10.2 Å². The second-order valence-electron chi connectivity index (χ2n) is 5.41. The quantitative estimate of drug-likeness (QED) is 0.685. The van der Waals surface area contributed by atoms with Crippen LogP contribution in [0.5, 0.6) is 0 Å². The number of hydrogen-bond acceptors (Lipinski definition) is 4. The Kier molecular flexibility index (Phi) is 4.95. The zero-order chi connectivity index (χ0) is 13.1. The number of ether oxygens (including phenoxy) is 1. The number of carbonyl (C=O) groups excluding carboxylic acids is 1. The molecule has 0 aromatic rings. The number of methoxy groups -OCH3 is 1. The highest BCUT2D eigenvalue weighted by Crippen LogP contribution is 2.24. The van der Waals surface area contributed by atoms with Crippen molar-refractivity contribution in [2.75, 3.05) is 20.7 Å². The molecular weight excluding hydrogens is 216 g/mol. The van der Waals surface area contributed by atoms with Crippen molar-refractivity contribution in [3.05, 3.63) is 0 Å². The summed E-state index contributed by atoms with van der Waals surface area (Å²) in [6, 6.07) is 0.962. The van der Waals surface area contributed by atoms with Crippen LogP contribution in [0.1, 0.15) is 40.0 Å². The Morgan fingerprint density at radius 3 is 2.59 bits per heavy atom. The van der Waals surface area contributed by atoms with Crippen LogP contribution in [0.4, 0.5) is 0 Å². The van der Waals surface area contributed by atoms with E-state index in [2.05, 4.69) is 31.1 Å². The van der Waals surface area contributed by atoms with E-state index in [0.717, 1.165) is 6.42 Å². The minimum absolute atomic E-state index is 0.167. The molecule has 0 heterocycles. The van der Waals surface area contributed by atoms with Gasteiger partial charge in [-0.2, -0.15) is 0 Å². The van der Waals surface area contributed by atoms with Crippen LogP contribution in [-0.2, 0) is 9.53 Å². The van der Waals surface area contributed by atoms with E-state index >= 15 is 0 Å². The van der Waals surface area contributed by atoms with Crippen LogP contribution in [0, 0.1) is 0 Å². The van der Waals surface area contributed by atoms with Gasteiger partial charge in [0.2, 0.25) is 0 Å². The third kappa shape index (κ3) is 3.96. The molecule has 1 fully saturated rings. The van der Waals surface area contributed by atoms with E-state index in [-0.39, 0.29) is 5.97 Å². The molecule has 1 aliphatic rings. The van der Waals surface area contributed by atoms with E-state index < -0.39 is 5.54 Å². The molecule has 0 bridgehead atoms. The Bertz CT molecular complexity index is 266. The second-order valence-corrected chi connectivity index (χ2v) is 5.41. The van der Waals surface area contributed by atoms with Crippen LogP contribution in [0.2, 0.25) is 0 Å². The predicted octanol–water partition coefficient (Wildman–Crippen LogP) is 1.40. The zero-order valence-corrected chi connectivity index (χ0v) is 11.7. The molecule has 0 aromatic carbocycles. The fourth-order valence-electron chi connectivity index (χ4n) is 2.04. The average Bonchev–Trinajstić information content (AvgIpc) is 3.10. The molecule has 2 atom stereocenters. The summed E-state index contributed by atoms with van der Waals surface area (Å²) in [7, 11) is 3.52. The fraction of sp³-hybridized carbons (Fsp3) is 0.923. The first-order valence-corrected chi connectivity index (χ1v) is 6.49. The van der Waals surface area contributed by atoms with Gasteiger partial charge in [0.15, 0.2) is 0 Å². The lowest BCUT2D eigenvalue weighted by Crippen LogP contribution is -2.58. The summed E-state index contributed by atoms with van der Waals surface area (Å²) in [5.41, 5.74) is -0.589. The van der Waals surface area contributed by atoms with Gasteiger partial charge in [-0.1, -0.05) is 6.92 Å². The molecule has 0 radical (unpaired) electrons. The maximum atomic E-state index is 11.9. The van der Waals surface area contributed by atoms with Gasteiger partial charge < -0.3 is 9.64 Å². The molecule has 0 amide bonds. The second kappa shape index (κ2) is 5.83. The van der Waals surface area contributed by atoms with E-state index in [1.807, 2.05) is 6.92 Å². The number of carbonyl (C=O) groups is 1. The molecule has 4 heteroatoms. The Labute approximate surface area is 105 Å². The van der Waals surface area contributed by atoms with E-state index in [1.165, 1.54) is 20.0 Å². The molecule has 0 aromatic heterocycles. The zero-order valence-electron chi connectivity index (χ0n) is 11.7. The molecule has 0 aliphatic heterocycles. The largest absolute Gasteiger partial charge is 0.468 e. The van der Waals surface area contributed by atoms with Crippen LogP contribution in [0.25, 0.3) is 0 Å². The normalized spacial score (nSPS) is 21.1. The first kappa shape index (κ1) is 14.5. The predicted molar refractivity (Wildman–Crippen MR) is 69.0 cm³/mol. The molecule has 0 spiro atoms. The topological polar surface area (TPSA) is 41.6 Å². The average molecular weight is 242 g/mol. The number of rotatable bonds is 7. The number of nitrogens with one attached hydrogen (secondary N) is 1. The maximum Gasteiger partial charge on any atom is 0.327 e. The number of nitrogens with zero attached hydrogens (tertiary/aromatic N) is 1. The van der Waals surface area contributed by atoms with Crippen molar-refractivity contribution in [2.24, 2.45) is 0 Å². The van der Waals surface area contributed by atoms with Crippen molar-refractivity contribution in [3.63, 3.8) is 0 Å². The highest BCUT2D eigenvalue weighted by atomic mass is 16.5. The minimum atomic E-state index is -0.589. The van der Waals surface area contributed by atoms with Crippen LogP contribution in [-0.4, -0.2) is 49.2 Å². The van der Waals surface area contributed by atoms with Crippen molar-refractivity contribution in [1.29, 1.82) is 0 Å². The van der Waals surface area contributed by atoms with Gasteiger partial charge in [0.1, 0.15) is 5.54 Å². The molecule has 1 aliphatic carbocycles. The van der Waals surface area contributed by atoms with E-state index in [9.17, 15) is 4.79 Å². The number of hydrogen-bond donors (Lipinski definition) is 1. The smallest absolute Gasteiger partial charge is 0.327 e. The van der Waals surface area contributed by atoms with Gasteiger partial charge in [0.25, 0.3) is 0 Å². The lowest BCUT2D eigenvalue weighted by Gasteiger charge is -2.35. The van der Waals surface area contributed by atoms with Gasteiger partial charge in [0.05, 0.1) is 7.11 Å². The summed E-state index contributed by atoms with van der Waals surface area (Å²) in [5, 5.41) is 3.41. The molecule has 100 valence electrons.